The molecule has 2 aromatic heterocycles. The van der Waals surface area contributed by atoms with E-state index in [1.54, 1.807) is 11.8 Å². The highest BCUT2D eigenvalue weighted by Gasteiger charge is 2.29. The van der Waals surface area contributed by atoms with Crippen LogP contribution in [0.3, 0.4) is 0 Å². The van der Waals surface area contributed by atoms with Crippen LogP contribution >= 0.6 is 11.8 Å². The fourth-order valence-corrected chi connectivity index (χ4v) is 3.02. The van der Waals surface area contributed by atoms with E-state index in [-0.39, 0.29) is 0 Å². The molecule has 3 rings (SSSR count). The number of nitrogens with two attached hydrogens (primary N) is 1. The van der Waals surface area contributed by atoms with Crippen molar-refractivity contribution in [3.05, 3.63) is 17.5 Å². The maximum absolute atomic E-state index is 5.71. The molecule has 114 valence electrons. The second kappa shape index (κ2) is 6.57. The Bertz CT molecular complexity index is 591. The number of hydrogen-bond donors (Lipinski definition) is 1. The summed E-state index contributed by atoms with van der Waals surface area (Å²) in [4.78, 5) is 4.40. The van der Waals surface area contributed by atoms with E-state index in [1.165, 1.54) is 12.8 Å². The van der Waals surface area contributed by atoms with Gasteiger partial charge in [-0.15, -0.1) is 10.2 Å². The SMILES string of the molecule is CCCCc1noc(CSc2nnc(CN)n2C2CC2)n1. The molecule has 0 amide bonds. The Hall–Kier alpha value is -1.41. The molecule has 2 heterocycles. The normalized spacial score (nSPS) is 14.8. The molecule has 1 fully saturated rings. The van der Waals surface area contributed by atoms with Gasteiger partial charge in [0.1, 0.15) is 5.82 Å². The molecule has 0 saturated heterocycles. The molecule has 0 spiro atoms. The third-order valence-electron chi connectivity index (χ3n) is 3.42. The first-order valence-electron chi connectivity index (χ1n) is 7.40. The van der Waals surface area contributed by atoms with Gasteiger partial charge < -0.3 is 14.8 Å². The average Bonchev–Trinajstić information content (AvgIpc) is 3.10. The van der Waals surface area contributed by atoms with Gasteiger partial charge in [0.2, 0.25) is 5.89 Å². The lowest BCUT2D eigenvalue weighted by molar-refractivity contribution is 0.384. The molecule has 0 aliphatic heterocycles. The molecule has 0 atom stereocenters. The van der Waals surface area contributed by atoms with Crippen LogP contribution < -0.4 is 5.73 Å². The third-order valence-corrected chi connectivity index (χ3v) is 4.35. The van der Waals surface area contributed by atoms with E-state index in [1.807, 2.05) is 0 Å². The molecule has 0 bridgehead atoms. The smallest absolute Gasteiger partial charge is 0.237 e. The summed E-state index contributed by atoms with van der Waals surface area (Å²) < 4.78 is 7.42. The molecular formula is C13H20N6OS. The maximum Gasteiger partial charge on any atom is 0.237 e. The first-order chi connectivity index (χ1) is 10.3. The number of unbranched alkanes of at least 4 members (excludes halogenated alkanes) is 1. The van der Waals surface area contributed by atoms with E-state index in [0.29, 0.717) is 24.2 Å². The van der Waals surface area contributed by atoms with Crippen molar-refractivity contribution in [2.24, 2.45) is 5.73 Å². The molecule has 8 heteroatoms. The minimum absolute atomic E-state index is 0.422. The standard InChI is InChI=1S/C13H20N6OS/c1-2-3-4-10-15-12(20-18-10)8-21-13-17-16-11(7-14)19(13)9-5-6-9/h9H,2-8,14H2,1H3. The van der Waals surface area contributed by atoms with Crippen LogP contribution in [0, 0.1) is 0 Å². The monoisotopic (exact) mass is 308 g/mol. The zero-order chi connectivity index (χ0) is 14.7. The van der Waals surface area contributed by atoms with Crippen LogP contribution in [-0.2, 0) is 18.7 Å². The molecular weight excluding hydrogens is 288 g/mol. The molecule has 0 aromatic carbocycles. The van der Waals surface area contributed by atoms with Gasteiger partial charge in [0, 0.05) is 12.5 Å². The number of rotatable bonds is 8. The summed E-state index contributed by atoms with van der Waals surface area (Å²) in [5.74, 6) is 2.91. The van der Waals surface area contributed by atoms with Crippen LogP contribution in [0.2, 0.25) is 0 Å². The van der Waals surface area contributed by atoms with E-state index < -0.39 is 0 Å². The van der Waals surface area contributed by atoms with Crippen LogP contribution in [0.25, 0.3) is 0 Å². The third kappa shape index (κ3) is 3.44. The minimum atomic E-state index is 0.422. The Morgan fingerprint density at radius 3 is 2.95 bits per heavy atom. The summed E-state index contributed by atoms with van der Waals surface area (Å²) in [5.41, 5.74) is 5.71. The van der Waals surface area contributed by atoms with Gasteiger partial charge in [0.15, 0.2) is 11.0 Å². The lowest BCUT2D eigenvalue weighted by Crippen LogP contribution is -2.08. The highest BCUT2D eigenvalue weighted by molar-refractivity contribution is 7.98. The molecule has 7 nitrogen and oxygen atoms in total. The molecule has 0 radical (unpaired) electrons. The zero-order valence-electron chi connectivity index (χ0n) is 12.2. The van der Waals surface area contributed by atoms with Gasteiger partial charge in [0.25, 0.3) is 0 Å². The number of nitrogens with zero attached hydrogens (tertiary/aromatic N) is 5. The van der Waals surface area contributed by atoms with Crippen molar-refractivity contribution in [2.45, 2.75) is 62.5 Å². The van der Waals surface area contributed by atoms with Gasteiger partial charge in [-0.2, -0.15) is 4.98 Å². The number of hydrogen-bond acceptors (Lipinski definition) is 7. The van der Waals surface area contributed by atoms with Crippen LogP contribution in [0.1, 0.15) is 56.2 Å². The largest absolute Gasteiger partial charge is 0.338 e. The number of thioether (sulfide) groups is 1. The Kier molecular flexibility index (Phi) is 4.54. The van der Waals surface area contributed by atoms with E-state index >= 15 is 0 Å². The van der Waals surface area contributed by atoms with E-state index in [2.05, 4.69) is 31.8 Å². The predicted molar refractivity (Wildman–Crippen MR) is 78.7 cm³/mol. The summed E-state index contributed by atoms with van der Waals surface area (Å²) in [5, 5.41) is 13.3. The molecule has 2 N–H and O–H groups in total. The quantitative estimate of drug-likeness (QED) is 0.746. The van der Waals surface area contributed by atoms with Gasteiger partial charge >= 0.3 is 0 Å². The van der Waals surface area contributed by atoms with Crippen molar-refractivity contribution in [3.8, 4) is 0 Å². The molecule has 0 unspecified atom stereocenters. The summed E-state index contributed by atoms with van der Waals surface area (Å²) in [7, 11) is 0. The van der Waals surface area contributed by atoms with Crippen molar-refractivity contribution in [1.29, 1.82) is 0 Å². The first-order valence-corrected chi connectivity index (χ1v) is 8.38. The van der Waals surface area contributed by atoms with Crippen molar-refractivity contribution >= 4 is 11.8 Å². The second-order valence-electron chi connectivity index (χ2n) is 5.20. The van der Waals surface area contributed by atoms with Crippen LogP contribution in [0.15, 0.2) is 9.68 Å². The molecule has 21 heavy (non-hydrogen) atoms. The fourth-order valence-electron chi connectivity index (χ4n) is 2.16. The zero-order valence-corrected chi connectivity index (χ0v) is 13.0. The first kappa shape index (κ1) is 14.5. The van der Waals surface area contributed by atoms with Gasteiger partial charge in [-0.1, -0.05) is 30.3 Å². The summed E-state index contributed by atoms with van der Waals surface area (Å²) in [6, 6.07) is 0.517. The molecule has 2 aromatic rings. The van der Waals surface area contributed by atoms with Gasteiger partial charge in [-0.3, -0.25) is 0 Å². The molecule has 1 saturated carbocycles. The average molecular weight is 308 g/mol. The maximum atomic E-state index is 5.71. The van der Waals surface area contributed by atoms with Crippen molar-refractivity contribution in [3.63, 3.8) is 0 Å². The lowest BCUT2D eigenvalue weighted by atomic mass is 10.2. The predicted octanol–water partition coefficient (Wildman–Crippen LogP) is 2.09. The lowest BCUT2D eigenvalue weighted by Gasteiger charge is -2.05. The second-order valence-corrected chi connectivity index (χ2v) is 6.14. The Morgan fingerprint density at radius 1 is 1.38 bits per heavy atom. The van der Waals surface area contributed by atoms with Crippen LogP contribution in [-0.4, -0.2) is 24.9 Å². The van der Waals surface area contributed by atoms with Crippen molar-refractivity contribution in [2.75, 3.05) is 0 Å². The summed E-state index contributed by atoms with van der Waals surface area (Å²) >= 11 is 1.58. The minimum Gasteiger partial charge on any atom is -0.338 e. The topological polar surface area (TPSA) is 95.6 Å². The van der Waals surface area contributed by atoms with Gasteiger partial charge in [0.05, 0.1) is 12.3 Å². The highest BCUT2D eigenvalue weighted by Crippen LogP contribution is 2.39. The Balaban J connectivity index is 1.62. The van der Waals surface area contributed by atoms with E-state index in [4.69, 9.17) is 10.3 Å². The number of aromatic nitrogens is 5. The van der Waals surface area contributed by atoms with Crippen LogP contribution in [0.4, 0.5) is 0 Å². The Morgan fingerprint density at radius 2 is 2.24 bits per heavy atom. The van der Waals surface area contributed by atoms with Crippen molar-refractivity contribution < 1.29 is 4.52 Å². The van der Waals surface area contributed by atoms with Gasteiger partial charge in [-0.25, -0.2) is 0 Å². The fraction of sp³-hybridized carbons (Fsp3) is 0.692. The van der Waals surface area contributed by atoms with Crippen molar-refractivity contribution in [1.82, 2.24) is 24.9 Å². The van der Waals surface area contributed by atoms with E-state index in [0.717, 1.165) is 36.1 Å². The van der Waals surface area contributed by atoms with Crippen LogP contribution in [0.5, 0.6) is 0 Å². The van der Waals surface area contributed by atoms with Gasteiger partial charge in [-0.05, 0) is 19.3 Å². The summed E-state index contributed by atoms with van der Waals surface area (Å²) in [6.45, 7) is 2.57. The summed E-state index contributed by atoms with van der Waals surface area (Å²) in [6.07, 6.45) is 5.45. The molecule has 1 aliphatic rings. The number of aryl methyl sites for hydroxylation is 1. The highest BCUT2D eigenvalue weighted by atomic mass is 32.2. The Labute approximate surface area is 127 Å². The molecule has 1 aliphatic carbocycles. The van der Waals surface area contributed by atoms with E-state index in [9.17, 15) is 0 Å².